The second-order valence-corrected chi connectivity index (χ2v) is 8.88. The number of carbonyl (C=O) groups excluding carboxylic acids is 1. The van der Waals surface area contributed by atoms with Crippen LogP contribution in [0.3, 0.4) is 0 Å². The molecule has 0 unspecified atom stereocenters. The van der Waals surface area contributed by atoms with E-state index in [-0.39, 0.29) is 5.91 Å². The molecular weight excluding hydrogens is 366 g/mol. The predicted molar refractivity (Wildman–Crippen MR) is 120 cm³/mol. The minimum atomic E-state index is -0.0946. The molecule has 4 nitrogen and oxygen atoms in total. The van der Waals surface area contributed by atoms with E-state index in [4.69, 9.17) is 0 Å². The van der Waals surface area contributed by atoms with Gasteiger partial charge in [0.15, 0.2) is 0 Å². The Morgan fingerprint density at radius 2 is 1.93 bits per heavy atom. The summed E-state index contributed by atoms with van der Waals surface area (Å²) in [5.41, 5.74) is 7.31. The number of aromatic nitrogens is 1. The van der Waals surface area contributed by atoms with Crippen molar-refractivity contribution in [2.24, 2.45) is 0 Å². The van der Waals surface area contributed by atoms with Gasteiger partial charge in [-0.25, -0.2) is 0 Å². The molecule has 0 atom stereocenters. The Morgan fingerprint density at radius 1 is 1.14 bits per heavy atom. The van der Waals surface area contributed by atoms with E-state index < -0.39 is 0 Å². The molecule has 4 rings (SSSR count). The topological polar surface area (TPSA) is 48.1 Å². The smallest absolute Gasteiger partial charge is 0.272 e. The molecule has 1 aliphatic heterocycles. The van der Waals surface area contributed by atoms with Crippen LogP contribution in [-0.4, -0.2) is 40.4 Å². The van der Waals surface area contributed by atoms with E-state index in [1.807, 2.05) is 30.0 Å². The molecule has 5 heteroatoms. The van der Waals surface area contributed by atoms with Crippen LogP contribution in [0, 0.1) is 20.8 Å². The Hall–Kier alpha value is -2.24. The zero-order valence-corrected chi connectivity index (χ0v) is 17.6. The van der Waals surface area contributed by atoms with Crippen molar-refractivity contribution in [3.05, 3.63) is 64.3 Å². The fourth-order valence-electron chi connectivity index (χ4n) is 3.90. The van der Waals surface area contributed by atoms with Crippen LogP contribution < -0.4 is 5.32 Å². The Kier molecular flexibility index (Phi) is 5.47. The number of carbonyl (C=O) groups is 1. The second kappa shape index (κ2) is 8.02. The van der Waals surface area contributed by atoms with Crippen molar-refractivity contribution in [2.75, 3.05) is 29.9 Å². The molecule has 2 N–H and O–H groups in total. The van der Waals surface area contributed by atoms with Crippen molar-refractivity contribution < 1.29 is 4.79 Å². The molecule has 2 heterocycles. The lowest BCUT2D eigenvalue weighted by Crippen LogP contribution is -2.32. The van der Waals surface area contributed by atoms with Crippen LogP contribution in [-0.2, 0) is 6.54 Å². The van der Waals surface area contributed by atoms with Gasteiger partial charge in [-0.2, -0.15) is 11.8 Å². The highest BCUT2D eigenvalue weighted by molar-refractivity contribution is 7.99. The predicted octanol–water partition coefficient (Wildman–Crippen LogP) is 4.89. The Labute approximate surface area is 170 Å². The average Bonchev–Trinajstić information content (AvgIpc) is 3.10. The first-order chi connectivity index (χ1) is 13.5. The first-order valence-electron chi connectivity index (χ1n) is 9.81. The third-order valence-corrected chi connectivity index (χ3v) is 6.47. The highest BCUT2D eigenvalue weighted by Gasteiger charge is 2.16. The van der Waals surface area contributed by atoms with E-state index in [1.165, 1.54) is 28.2 Å². The molecule has 1 aliphatic rings. The summed E-state index contributed by atoms with van der Waals surface area (Å²) in [6.45, 7) is 9.47. The number of fused-ring (bicyclic) bond motifs is 1. The molecular formula is C23H27N3OS. The maximum Gasteiger partial charge on any atom is 0.272 e. The monoisotopic (exact) mass is 393 g/mol. The van der Waals surface area contributed by atoms with Gasteiger partial charge in [-0.15, -0.1) is 0 Å². The number of anilines is 1. The van der Waals surface area contributed by atoms with Gasteiger partial charge in [-0.1, -0.05) is 18.2 Å². The SMILES string of the molecule is Cc1cc(C)c2cc(C(=O)Nc3cccc(CN4CCSCC4)c3C)[nH]c2c1. The summed E-state index contributed by atoms with van der Waals surface area (Å²) in [4.78, 5) is 18.6. The van der Waals surface area contributed by atoms with Crippen LogP contribution in [0.2, 0.25) is 0 Å². The Morgan fingerprint density at radius 3 is 2.71 bits per heavy atom. The minimum absolute atomic E-state index is 0.0946. The fraction of sp³-hybridized carbons (Fsp3) is 0.348. The normalized spacial score (nSPS) is 15.1. The van der Waals surface area contributed by atoms with Crippen LogP contribution in [0.5, 0.6) is 0 Å². The van der Waals surface area contributed by atoms with Gasteiger partial charge in [0.05, 0.1) is 0 Å². The van der Waals surface area contributed by atoms with E-state index in [0.29, 0.717) is 5.69 Å². The van der Waals surface area contributed by atoms with E-state index in [0.717, 1.165) is 41.8 Å². The molecule has 1 saturated heterocycles. The van der Waals surface area contributed by atoms with Crippen LogP contribution >= 0.6 is 11.8 Å². The number of aromatic amines is 1. The largest absolute Gasteiger partial charge is 0.351 e. The summed E-state index contributed by atoms with van der Waals surface area (Å²) in [6.07, 6.45) is 0. The maximum atomic E-state index is 12.9. The van der Waals surface area contributed by atoms with Gasteiger partial charge in [0, 0.05) is 47.7 Å². The zero-order valence-electron chi connectivity index (χ0n) is 16.8. The summed E-state index contributed by atoms with van der Waals surface area (Å²) in [5.74, 6) is 2.31. The number of thioether (sulfide) groups is 1. The van der Waals surface area contributed by atoms with Gasteiger partial charge in [0.25, 0.3) is 5.91 Å². The lowest BCUT2D eigenvalue weighted by Gasteiger charge is -2.27. The summed E-state index contributed by atoms with van der Waals surface area (Å²) in [6, 6.07) is 12.4. The van der Waals surface area contributed by atoms with Crippen molar-refractivity contribution in [2.45, 2.75) is 27.3 Å². The fourth-order valence-corrected chi connectivity index (χ4v) is 4.88. The molecule has 28 heavy (non-hydrogen) atoms. The van der Waals surface area contributed by atoms with Crippen LogP contribution in [0.1, 0.15) is 32.7 Å². The number of hydrogen-bond donors (Lipinski definition) is 2. The second-order valence-electron chi connectivity index (χ2n) is 7.66. The van der Waals surface area contributed by atoms with Crippen molar-refractivity contribution in [3.63, 3.8) is 0 Å². The standard InChI is InChI=1S/C23H27N3OS/c1-15-11-16(2)19-13-22(24-21(19)12-15)23(27)25-20-6-4-5-18(17(20)3)14-26-7-9-28-10-8-26/h4-6,11-13,24H,7-10,14H2,1-3H3,(H,25,27). The van der Waals surface area contributed by atoms with Crippen LogP contribution in [0.15, 0.2) is 36.4 Å². The van der Waals surface area contributed by atoms with E-state index in [2.05, 4.69) is 54.2 Å². The van der Waals surface area contributed by atoms with E-state index >= 15 is 0 Å². The van der Waals surface area contributed by atoms with E-state index in [1.54, 1.807) is 0 Å². The van der Waals surface area contributed by atoms with Crippen molar-refractivity contribution in [1.29, 1.82) is 0 Å². The summed E-state index contributed by atoms with van der Waals surface area (Å²) >= 11 is 2.02. The molecule has 0 spiro atoms. The molecule has 0 saturated carbocycles. The third-order valence-electron chi connectivity index (χ3n) is 5.53. The lowest BCUT2D eigenvalue weighted by atomic mass is 10.1. The number of hydrogen-bond acceptors (Lipinski definition) is 3. The summed E-state index contributed by atoms with van der Waals surface area (Å²) in [5, 5.41) is 4.21. The average molecular weight is 394 g/mol. The van der Waals surface area contributed by atoms with Crippen LogP contribution in [0.25, 0.3) is 10.9 Å². The molecule has 146 valence electrons. The van der Waals surface area contributed by atoms with Gasteiger partial charge < -0.3 is 10.3 Å². The summed E-state index contributed by atoms with van der Waals surface area (Å²) < 4.78 is 0. The number of rotatable bonds is 4. The Bertz CT molecular complexity index is 1020. The van der Waals surface area contributed by atoms with Gasteiger partial charge >= 0.3 is 0 Å². The van der Waals surface area contributed by atoms with Crippen molar-refractivity contribution in [3.8, 4) is 0 Å². The van der Waals surface area contributed by atoms with Crippen molar-refractivity contribution >= 4 is 34.3 Å². The number of aryl methyl sites for hydroxylation is 2. The molecule has 1 aromatic heterocycles. The zero-order chi connectivity index (χ0) is 19.7. The van der Waals surface area contributed by atoms with E-state index in [9.17, 15) is 4.79 Å². The van der Waals surface area contributed by atoms with Gasteiger partial charge in [0.1, 0.15) is 5.69 Å². The van der Waals surface area contributed by atoms with Gasteiger partial charge in [0.2, 0.25) is 0 Å². The number of amides is 1. The highest BCUT2D eigenvalue weighted by atomic mass is 32.2. The molecule has 3 aromatic rings. The quantitative estimate of drug-likeness (QED) is 0.663. The molecule has 0 aliphatic carbocycles. The lowest BCUT2D eigenvalue weighted by molar-refractivity contribution is 0.102. The minimum Gasteiger partial charge on any atom is -0.351 e. The number of nitrogens with zero attached hydrogens (tertiary/aromatic N) is 1. The number of H-pyrrole nitrogens is 1. The van der Waals surface area contributed by atoms with Crippen molar-refractivity contribution in [1.82, 2.24) is 9.88 Å². The molecule has 2 aromatic carbocycles. The highest BCUT2D eigenvalue weighted by Crippen LogP contribution is 2.24. The van der Waals surface area contributed by atoms with Gasteiger partial charge in [-0.05, 0) is 61.2 Å². The number of benzene rings is 2. The van der Waals surface area contributed by atoms with Gasteiger partial charge in [-0.3, -0.25) is 9.69 Å². The first-order valence-corrected chi connectivity index (χ1v) is 11.0. The molecule has 0 radical (unpaired) electrons. The molecule has 1 amide bonds. The third kappa shape index (κ3) is 3.96. The first kappa shape index (κ1) is 19.1. The van der Waals surface area contributed by atoms with Crippen LogP contribution in [0.4, 0.5) is 5.69 Å². The summed E-state index contributed by atoms with van der Waals surface area (Å²) in [7, 11) is 0. The molecule has 1 fully saturated rings. The maximum absolute atomic E-state index is 12.9. The molecule has 0 bridgehead atoms. The Balaban J connectivity index is 1.54. The number of nitrogens with one attached hydrogen (secondary N) is 2.